The number of halogens is 2. The molecule has 4 aromatic carbocycles. The van der Waals surface area contributed by atoms with E-state index in [0.29, 0.717) is 9.54 Å². The van der Waals surface area contributed by atoms with Crippen molar-refractivity contribution in [2.24, 2.45) is 11.3 Å². The van der Waals surface area contributed by atoms with E-state index in [1.807, 2.05) is 3.28 Å². The Labute approximate surface area is 339 Å². The molecule has 52 heavy (non-hydrogen) atoms. The summed E-state index contributed by atoms with van der Waals surface area (Å²) in [5.41, 5.74) is 20.4. The molecule has 1 unspecified atom stereocenters. The smallest absolute Gasteiger partial charge is 1.00 e. The van der Waals surface area contributed by atoms with Gasteiger partial charge in [0, 0.05) is 0 Å². The van der Waals surface area contributed by atoms with Gasteiger partial charge in [-0.1, -0.05) is 0 Å². The first-order valence-corrected chi connectivity index (χ1v) is 21.8. The van der Waals surface area contributed by atoms with Crippen molar-refractivity contribution >= 4 is 0 Å². The van der Waals surface area contributed by atoms with Crippen molar-refractivity contribution in [3.8, 4) is 11.1 Å². The Morgan fingerprint density at radius 1 is 0.615 bits per heavy atom. The Balaban J connectivity index is 0.00000261. The first kappa shape index (κ1) is 41.0. The molecule has 0 nitrogen and oxygen atoms in total. The van der Waals surface area contributed by atoms with E-state index < -0.39 is 23.2 Å². The molecule has 0 fully saturated rings. The maximum Gasteiger partial charge on any atom is -1.00 e. The van der Waals surface area contributed by atoms with Crippen LogP contribution in [0, 0.1) is 25.2 Å². The normalized spacial score (nSPS) is 17.6. The summed E-state index contributed by atoms with van der Waals surface area (Å²) in [5.74, 6) is 0.545. The fraction of sp³-hybridized carbons (Fsp3) is 0.429. The van der Waals surface area contributed by atoms with Gasteiger partial charge in [0.2, 0.25) is 0 Å². The van der Waals surface area contributed by atoms with Gasteiger partial charge in [-0.15, -0.1) is 0 Å². The average molecular weight is 809 g/mol. The fourth-order valence-electron chi connectivity index (χ4n) is 9.96. The van der Waals surface area contributed by atoms with Gasteiger partial charge in [-0.2, -0.15) is 0 Å². The molecule has 2 bridgehead atoms. The third-order valence-corrected chi connectivity index (χ3v) is 16.4. The van der Waals surface area contributed by atoms with Crippen molar-refractivity contribution in [3.63, 3.8) is 0 Å². The van der Waals surface area contributed by atoms with E-state index in [0.717, 1.165) is 0 Å². The Morgan fingerprint density at radius 3 is 1.44 bits per heavy atom. The summed E-state index contributed by atoms with van der Waals surface area (Å²) in [5, 5.41) is 0. The Morgan fingerprint density at radius 2 is 1.06 bits per heavy atom. The van der Waals surface area contributed by atoms with Crippen LogP contribution in [0.1, 0.15) is 137 Å². The Hall–Kier alpha value is -2.18. The molecule has 0 N–H and O–H groups in total. The topological polar surface area (TPSA) is 0 Å². The van der Waals surface area contributed by atoms with Crippen molar-refractivity contribution in [1.82, 2.24) is 0 Å². The minimum absolute atomic E-state index is 0. The monoisotopic (exact) mass is 806 g/mol. The molecule has 1 atom stereocenters. The standard InChI is InChI=1S/C26H29.C23H29.2ClH.Zr/c1-5-6-13-19-18-22-24(25(2,3)4)23(19)26(22,20-14-9-7-10-15-20)21-16-11-8-12-17-21;1-14-9-16-11-17-10-15(2)21(23(6,7)8)13-19(17)18(16)12-20(14)22(3,4)5;;;/h7-12,14-17,19H,5-6,13H2,1-4H3;9-13H,1-8H3;2*1H;/q;;;;+2/p-2. The summed E-state index contributed by atoms with van der Waals surface area (Å²) < 4.78 is 2.40. The molecular weight excluding hydrogens is 751 g/mol. The maximum atomic E-state index is 2.63. The summed E-state index contributed by atoms with van der Waals surface area (Å²) in [6, 6.07) is 33.6. The van der Waals surface area contributed by atoms with Gasteiger partial charge in [0.1, 0.15) is 0 Å². The van der Waals surface area contributed by atoms with Gasteiger partial charge in [-0.25, -0.2) is 0 Å². The number of unbranched alkanes of at least 4 members (excludes halogenated alkanes) is 1. The molecule has 272 valence electrons. The average Bonchev–Trinajstić information content (AvgIpc) is 3.62. The van der Waals surface area contributed by atoms with Crippen LogP contribution < -0.4 is 24.8 Å². The second-order valence-electron chi connectivity index (χ2n) is 18.6. The van der Waals surface area contributed by atoms with Crippen LogP contribution >= 0.6 is 0 Å². The number of hydrogen-bond donors (Lipinski definition) is 0. The van der Waals surface area contributed by atoms with E-state index in [-0.39, 0.29) is 46.5 Å². The summed E-state index contributed by atoms with van der Waals surface area (Å²) in [6.07, 6.45) is 3.79. The molecule has 0 spiro atoms. The molecule has 0 heterocycles. The number of hydrogen-bond acceptors (Lipinski definition) is 0. The van der Waals surface area contributed by atoms with Crippen molar-refractivity contribution in [2.75, 3.05) is 0 Å². The van der Waals surface area contributed by atoms with Gasteiger partial charge < -0.3 is 24.8 Å². The summed E-state index contributed by atoms with van der Waals surface area (Å²) in [6.45, 7) is 28.8. The van der Waals surface area contributed by atoms with Crippen molar-refractivity contribution < 1.29 is 48.0 Å². The zero-order chi connectivity index (χ0) is 36.0. The number of fused-ring (bicyclic) bond motifs is 4. The quantitative estimate of drug-likeness (QED) is 0.182. The van der Waals surface area contributed by atoms with Gasteiger partial charge in [-0.3, -0.25) is 0 Å². The molecule has 0 amide bonds. The van der Waals surface area contributed by atoms with E-state index in [4.69, 9.17) is 0 Å². The van der Waals surface area contributed by atoms with Crippen LogP contribution in [0.25, 0.3) is 11.1 Å². The van der Waals surface area contributed by atoms with Crippen LogP contribution in [0.3, 0.4) is 0 Å². The van der Waals surface area contributed by atoms with Gasteiger partial charge in [0.05, 0.1) is 0 Å². The molecule has 4 aromatic rings. The largest absolute Gasteiger partial charge is 1.00 e. The second-order valence-corrected chi connectivity index (χ2v) is 22.0. The predicted molar refractivity (Wildman–Crippen MR) is 211 cm³/mol. The third-order valence-electron chi connectivity index (χ3n) is 11.9. The van der Waals surface area contributed by atoms with Crippen LogP contribution in [0.15, 0.2) is 105 Å². The van der Waals surface area contributed by atoms with Crippen LogP contribution in [0.2, 0.25) is 0 Å². The Bertz CT molecular complexity index is 1920. The molecule has 3 heteroatoms. The van der Waals surface area contributed by atoms with E-state index in [1.165, 1.54) is 63.8 Å². The molecule has 8 rings (SSSR count). The maximum absolute atomic E-state index is 2.63. The van der Waals surface area contributed by atoms with Gasteiger partial charge in [0.25, 0.3) is 0 Å². The van der Waals surface area contributed by atoms with Crippen LogP contribution in [-0.4, -0.2) is 0 Å². The minimum Gasteiger partial charge on any atom is -1.00 e. The first-order valence-electron chi connectivity index (χ1n) is 19.2. The second kappa shape index (κ2) is 14.5. The summed E-state index contributed by atoms with van der Waals surface area (Å²) in [4.78, 5) is 0. The fourth-order valence-corrected chi connectivity index (χ4v) is 15.0. The van der Waals surface area contributed by atoms with E-state index >= 15 is 0 Å². The number of allylic oxidation sites excluding steroid dienone is 4. The molecule has 4 aliphatic rings. The molecule has 0 saturated carbocycles. The van der Waals surface area contributed by atoms with E-state index in [9.17, 15) is 0 Å². The SMILES string of the molecule is CCCCC1[C]([Zr+2][CH]2c3cc(C)c(C(C)(C)C)cc3-c3cc(C(C)(C)C)c(C)cc32)=C2C(C(C)(C)C)=C1C2(c1ccccc1)c1ccccc1.[Cl-].[Cl-]. The summed E-state index contributed by atoms with van der Waals surface area (Å²) in [7, 11) is 0. The van der Waals surface area contributed by atoms with Gasteiger partial charge >= 0.3 is 317 Å². The third kappa shape index (κ3) is 6.42. The van der Waals surface area contributed by atoms with Crippen LogP contribution in [0.4, 0.5) is 0 Å². The van der Waals surface area contributed by atoms with Crippen LogP contribution in [-0.2, 0) is 39.5 Å². The minimum atomic E-state index is -1.21. The zero-order valence-corrected chi connectivity index (χ0v) is 37.6. The van der Waals surface area contributed by atoms with E-state index in [1.54, 1.807) is 27.8 Å². The Kier molecular flexibility index (Phi) is 11.4. The number of aryl methyl sites for hydroxylation is 2. The molecular formula is C49H58Cl2Zr. The molecule has 0 aliphatic heterocycles. The zero-order valence-electron chi connectivity index (χ0n) is 33.6. The molecule has 4 aliphatic carbocycles. The van der Waals surface area contributed by atoms with Crippen LogP contribution in [0.5, 0.6) is 0 Å². The first-order chi connectivity index (χ1) is 23.5. The van der Waals surface area contributed by atoms with Gasteiger partial charge in [-0.05, 0) is 0 Å². The number of benzene rings is 4. The molecule has 0 radical (unpaired) electrons. The predicted octanol–water partition coefficient (Wildman–Crippen LogP) is 7.48. The number of rotatable bonds is 7. The molecule has 0 saturated heterocycles. The van der Waals surface area contributed by atoms with Crippen molar-refractivity contribution in [2.45, 2.75) is 122 Å². The van der Waals surface area contributed by atoms with E-state index in [2.05, 4.69) is 168 Å². The summed E-state index contributed by atoms with van der Waals surface area (Å²) >= 11 is -1.21. The molecule has 0 aromatic heterocycles. The van der Waals surface area contributed by atoms with Gasteiger partial charge in [0.15, 0.2) is 0 Å². The van der Waals surface area contributed by atoms with Crippen molar-refractivity contribution in [1.29, 1.82) is 0 Å². The van der Waals surface area contributed by atoms with Crippen molar-refractivity contribution in [3.05, 3.63) is 149 Å².